The average molecular weight is 250 g/mol. The van der Waals surface area contributed by atoms with Crippen LogP contribution in [-0.4, -0.2) is 11.2 Å². The van der Waals surface area contributed by atoms with Crippen LogP contribution in [0.25, 0.3) is 0 Å². The van der Waals surface area contributed by atoms with Gasteiger partial charge in [0, 0.05) is 0 Å². The highest BCUT2D eigenvalue weighted by Gasteiger charge is 2.47. The molecule has 1 aromatic carbocycles. The molecule has 3 rings (SSSR count). The van der Waals surface area contributed by atoms with E-state index >= 15 is 0 Å². The summed E-state index contributed by atoms with van der Waals surface area (Å²) >= 11 is 0. The van der Waals surface area contributed by atoms with Crippen molar-refractivity contribution in [3.63, 3.8) is 0 Å². The van der Waals surface area contributed by atoms with Crippen molar-refractivity contribution in [3.8, 4) is 11.5 Å². The van der Waals surface area contributed by atoms with Crippen LogP contribution < -0.4 is 4.74 Å². The van der Waals surface area contributed by atoms with E-state index < -0.39 is 5.82 Å². The van der Waals surface area contributed by atoms with Crippen LogP contribution in [0, 0.1) is 17.7 Å². The summed E-state index contributed by atoms with van der Waals surface area (Å²) in [6.07, 6.45) is 3.41. The molecular weight excluding hydrogens is 231 g/mol. The van der Waals surface area contributed by atoms with E-state index in [1.165, 1.54) is 12.5 Å². The second kappa shape index (κ2) is 4.15. The molecule has 0 aromatic heterocycles. The fraction of sp³-hybridized carbons (Fsp3) is 0.600. The summed E-state index contributed by atoms with van der Waals surface area (Å²) in [6.45, 7) is 3.94. The van der Waals surface area contributed by atoms with Gasteiger partial charge in [-0.15, -0.1) is 0 Å². The molecule has 2 saturated carbocycles. The number of phenols is 1. The number of phenolic OH excluding ortho intramolecular Hbond substituents is 1. The first-order chi connectivity index (χ1) is 8.54. The molecule has 2 atom stereocenters. The Bertz CT molecular complexity index is 437. The first kappa shape index (κ1) is 11.8. The van der Waals surface area contributed by atoms with Crippen LogP contribution >= 0.6 is 0 Å². The van der Waals surface area contributed by atoms with Gasteiger partial charge in [0.25, 0.3) is 0 Å². The van der Waals surface area contributed by atoms with E-state index in [1.807, 2.05) is 13.8 Å². The van der Waals surface area contributed by atoms with Crippen LogP contribution in [0.15, 0.2) is 12.1 Å². The van der Waals surface area contributed by atoms with Crippen molar-refractivity contribution in [2.75, 3.05) is 0 Å². The van der Waals surface area contributed by atoms with Crippen molar-refractivity contribution in [1.82, 2.24) is 0 Å². The minimum Gasteiger partial charge on any atom is -0.504 e. The Morgan fingerprint density at radius 3 is 2.44 bits per heavy atom. The SMILES string of the molecule is CC(C)c1cc(O)c(OC2CC3CC3C2)c(F)c1. The third-order valence-electron chi connectivity index (χ3n) is 4.20. The van der Waals surface area contributed by atoms with Gasteiger partial charge < -0.3 is 9.84 Å². The molecule has 2 fully saturated rings. The van der Waals surface area contributed by atoms with Crippen molar-refractivity contribution in [1.29, 1.82) is 0 Å². The Balaban J connectivity index is 1.78. The van der Waals surface area contributed by atoms with Crippen LogP contribution in [0.1, 0.15) is 44.6 Å². The van der Waals surface area contributed by atoms with Crippen molar-refractivity contribution in [3.05, 3.63) is 23.5 Å². The topological polar surface area (TPSA) is 29.5 Å². The van der Waals surface area contributed by atoms with Crippen LogP contribution in [0.2, 0.25) is 0 Å². The van der Waals surface area contributed by atoms with Crippen LogP contribution in [-0.2, 0) is 0 Å². The number of hydrogen-bond acceptors (Lipinski definition) is 2. The molecule has 2 unspecified atom stereocenters. The van der Waals surface area contributed by atoms with Gasteiger partial charge in [0.15, 0.2) is 17.3 Å². The Kier molecular flexibility index (Phi) is 2.72. The molecule has 0 spiro atoms. The van der Waals surface area contributed by atoms with E-state index in [9.17, 15) is 9.50 Å². The van der Waals surface area contributed by atoms with Crippen LogP contribution in [0.3, 0.4) is 0 Å². The molecule has 2 aliphatic carbocycles. The highest BCUT2D eigenvalue weighted by atomic mass is 19.1. The van der Waals surface area contributed by atoms with Crippen LogP contribution in [0.4, 0.5) is 4.39 Å². The number of fused-ring (bicyclic) bond motifs is 1. The molecule has 2 nitrogen and oxygen atoms in total. The second-order valence-corrected chi connectivity index (χ2v) is 5.97. The fourth-order valence-electron chi connectivity index (χ4n) is 2.97. The number of benzene rings is 1. The third-order valence-corrected chi connectivity index (χ3v) is 4.20. The molecule has 0 aliphatic heterocycles. The summed E-state index contributed by atoms with van der Waals surface area (Å²) in [5, 5.41) is 9.89. The first-order valence-corrected chi connectivity index (χ1v) is 6.73. The molecular formula is C15H19FO2. The third kappa shape index (κ3) is 2.06. The van der Waals surface area contributed by atoms with Crippen molar-refractivity contribution < 1.29 is 14.2 Å². The smallest absolute Gasteiger partial charge is 0.197 e. The molecule has 3 heteroatoms. The van der Waals surface area contributed by atoms with E-state index in [2.05, 4.69) is 0 Å². The molecule has 98 valence electrons. The zero-order chi connectivity index (χ0) is 12.9. The number of rotatable bonds is 3. The summed E-state index contributed by atoms with van der Waals surface area (Å²) in [5.74, 6) is 1.29. The zero-order valence-electron chi connectivity index (χ0n) is 10.8. The number of aromatic hydroxyl groups is 1. The zero-order valence-corrected chi connectivity index (χ0v) is 10.8. The fourth-order valence-corrected chi connectivity index (χ4v) is 2.97. The van der Waals surface area contributed by atoms with Gasteiger partial charge in [-0.05, 0) is 54.7 Å². The first-order valence-electron chi connectivity index (χ1n) is 6.73. The molecule has 0 radical (unpaired) electrons. The molecule has 0 saturated heterocycles. The lowest BCUT2D eigenvalue weighted by atomic mass is 10.0. The van der Waals surface area contributed by atoms with Gasteiger partial charge in [0.05, 0.1) is 6.10 Å². The molecule has 1 N–H and O–H groups in total. The van der Waals surface area contributed by atoms with Gasteiger partial charge in [0.2, 0.25) is 0 Å². The summed E-state index contributed by atoms with van der Waals surface area (Å²) in [4.78, 5) is 0. The summed E-state index contributed by atoms with van der Waals surface area (Å²) < 4.78 is 19.6. The van der Waals surface area contributed by atoms with Gasteiger partial charge in [0.1, 0.15) is 0 Å². The van der Waals surface area contributed by atoms with Gasteiger partial charge >= 0.3 is 0 Å². The average Bonchev–Trinajstić information content (AvgIpc) is 2.91. The highest BCUT2D eigenvalue weighted by molar-refractivity contribution is 5.44. The molecule has 0 bridgehead atoms. The minimum absolute atomic E-state index is 0.0331. The van der Waals surface area contributed by atoms with Crippen molar-refractivity contribution in [2.45, 2.75) is 45.1 Å². The van der Waals surface area contributed by atoms with Crippen molar-refractivity contribution in [2.24, 2.45) is 11.8 Å². The highest BCUT2D eigenvalue weighted by Crippen LogP contribution is 2.53. The quantitative estimate of drug-likeness (QED) is 0.883. The second-order valence-electron chi connectivity index (χ2n) is 5.97. The van der Waals surface area contributed by atoms with E-state index in [4.69, 9.17) is 4.74 Å². The summed E-state index contributed by atoms with van der Waals surface area (Å²) in [5.41, 5.74) is 0.798. The number of ether oxygens (including phenoxy) is 1. The normalized spacial score (nSPS) is 29.4. The molecule has 0 amide bonds. The molecule has 1 aromatic rings. The maximum Gasteiger partial charge on any atom is 0.197 e. The maximum absolute atomic E-state index is 13.9. The number of hydrogen-bond donors (Lipinski definition) is 1. The predicted molar refractivity (Wildman–Crippen MR) is 67.4 cm³/mol. The lowest BCUT2D eigenvalue weighted by Crippen LogP contribution is -2.14. The Hall–Kier alpha value is -1.25. The van der Waals surface area contributed by atoms with Gasteiger partial charge in [-0.3, -0.25) is 0 Å². The van der Waals surface area contributed by atoms with E-state index in [-0.39, 0.29) is 23.5 Å². The largest absolute Gasteiger partial charge is 0.504 e. The summed E-state index contributed by atoms with van der Waals surface area (Å²) in [7, 11) is 0. The Morgan fingerprint density at radius 2 is 1.89 bits per heavy atom. The maximum atomic E-state index is 13.9. The lowest BCUT2D eigenvalue weighted by Gasteiger charge is -2.18. The van der Waals surface area contributed by atoms with E-state index in [0.717, 1.165) is 30.2 Å². The summed E-state index contributed by atoms with van der Waals surface area (Å²) in [6, 6.07) is 3.08. The molecule has 0 heterocycles. The molecule has 2 aliphatic rings. The predicted octanol–water partition coefficient (Wildman–Crippen LogP) is 3.83. The van der Waals surface area contributed by atoms with Gasteiger partial charge in [-0.2, -0.15) is 0 Å². The Labute approximate surface area is 107 Å². The van der Waals surface area contributed by atoms with Gasteiger partial charge in [-0.25, -0.2) is 4.39 Å². The number of halogens is 1. The van der Waals surface area contributed by atoms with Crippen LogP contribution in [0.5, 0.6) is 11.5 Å². The van der Waals surface area contributed by atoms with E-state index in [0.29, 0.717) is 0 Å². The minimum atomic E-state index is -0.445. The van der Waals surface area contributed by atoms with Gasteiger partial charge in [-0.1, -0.05) is 13.8 Å². The standard InChI is InChI=1S/C15H19FO2/c1-8(2)9-6-13(16)15(14(17)7-9)18-12-4-10-3-11(10)5-12/h6-8,10-12,17H,3-5H2,1-2H3. The Morgan fingerprint density at radius 1 is 1.22 bits per heavy atom. The monoisotopic (exact) mass is 250 g/mol. The molecule has 18 heavy (non-hydrogen) atoms. The van der Waals surface area contributed by atoms with Crippen molar-refractivity contribution >= 4 is 0 Å². The van der Waals surface area contributed by atoms with E-state index in [1.54, 1.807) is 6.07 Å². The lowest BCUT2D eigenvalue weighted by molar-refractivity contribution is 0.178.